The van der Waals surface area contributed by atoms with Crippen LogP contribution in [0.5, 0.6) is 0 Å². The first-order valence-electron chi connectivity index (χ1n) is 8.89. The molecular formula is C19H22FN5O2. The van der Waals surface area contributed by atoms with Crippen molar-refractivity contribution in [1.29, 1.82) is 0 Å². The highest BCUT2D eigenvalue weighted by molar-refractivity contribution is 5.92. The molecular weight excluding hydrogens is 349 g/mol. The SMILES string of the molecule is CC(=O)N1CCN(c2nccc(C(=O)NCCc3ccccc3F)n2)CC1. The second-order valence-corrected chi connectivity index (χ2v) is 6.33. The Balaban J connectivity index is 1.56. The van der Waals surface area contributed by atoms with Gasteiger partial charge in [-0.1, -0.05) is 18.2 Å². The van der Waals surface area contributed by atoms with Gasteiger partial charge in [-0.25, -0.2) is 14.4 Å². The summed E-state index contributed by atoms with van der Waals surface area (Å²) in [5, 5.41) is 2.76. The monoisotopic (exact) mass is 371 g/mol. The Morgan fingerprint density at radius 3 is 2.59 bits per heavy atom. The third-order valence-corrected chi connectivity index (χ3v) is 4.52. The quantitative estimate of drug-likeness (QED) is 0.856. The van der Waals surface area contributed by atoms with Crippen molar-refractivity contribution in [1.82, 2.24) is 20.2 Å². The van der Waals surface area contributed by atoms with Crippen LogP contribution in [0.15, 0.2) is 36.5 Å². The number of carbonyl (C=O) groups is 2. The molecule has 27 heavy (non-hydrogen) atoms. The normalized spacial score (nSPS) is 14.1. The zero-order valence-electron chi connectivity index (χ0n) is 15.2. The first-order chi connectivity index (χ1) is 13.0. The highest BCUT2D eigenvalue weighted by atomic mass is 19.1. The molecule has 0 radical (unpaired) electrons. The van der Waals surface area contributed by atoms with Crippen molar-refractivity contribution >= 4 is 17.8 Å². The Morgan fingerprint density at radius 1 is 1.15 bits per heavy atom. The predicted octanol–water partition coefficient (Wildman–Crippen LogP) is 1.26. The van der Waals surface area contributed by atoms with Crippen LogP contribution in [0.25, 0.3) is 0 Å². The molecule has 2 heterocycles. The number of aromatic nitrogens is 2. The molecule has 1 saturated heterocycles. The average molecular weight is 371 g/mol. The second-order valence-electron chi connectivity index (χ2n) is 6.33. The van der Waals surface area contributed by atoms with E-state index in [0.29, 0.717) is 50.7 Å². The minimum Gasteiger partial charge on any atom is -0.350 e. The van der Waals surface area contributed by atoms with E-state index in [-0.39, 0.29) is 23.3 Å². The standard InChI is InChI=1S/C19H22FN5O2/c1-14(26)24-10-12-25(13-11-24)19-22-9-7-17(23-19)18(27)21-8-6-15-4-2-3-5-16(15)20/h2-5,7,9H,6,8,10-13H2,1H3,(H,21,27). The van der Waals surface area contributed by atoms with Gasteiger partial charge in [-0.3, -0.25) is 9.59 Å². The van der Waals surface area contributed by atoms with Crippen LogP contribution in [0.1, 0.15) is 23.0 Å². The van der Waals surface area contributed by atoms with Crippen molar-refractivity contribution in [3.8, 4) is 0 Å². The molecule has 0 bridgehead atoms. The number of anilines is 1. The van der Waals surface area contributed by atoms with E-state index in [9.17, 15) is 14.0 Å². The molecule has 0 spiro atoms. The fourth-order valence-corrected chi connectivity index (χ4v) is 2.95. The van der Waals surface area contributed by atoms with Gasteiger partial charge in [0, 0.05) is 45.8 Å². The van der Waals surface area contributed by atoms with E-state index >= 15 is 0 Å². The van der Waals surface area contributed by atoms with Crippen LogP contribution < -0.4 is 10.2 Å². The maximum Gasteiger partial charge on any atom is 0.270 e. The summed E-state index contributed by atoms with van der Waals surface area (Å²) in [5.41, 5.74) is 0.826. The predicted molar refractivity (Wildman–Crippen MR) is 98.9 cm³/mol. The summed E-state index contributed by atoms with van der Waals surface area (Å²) in [6.45, 7) is 4.33. The van der Waals surface area contributed by atoms with Gasteiger partial charge in [0.1, 0.15) is 11.5 Å². The van der Waals surface area contributed by atoms with E-state index in [1.54, 1.807) is 42.3 Å². The fraction of sp³-hybridized carbons (Fsp3) is 0.368. The van der Waals surface area contributed by atoms with E-state index in [0.717, 1.165) is 0 Å². The van der Waals surface area contributed by atoms with Crippen molar-refractivity contribution in [2.75, 3.05) is 37.6 Å². The topological polar surface area (TPSA) is 78.4 Å². The largest absolute Gasteiger partial charge is 0.350 e. The van der Waals surface area contributed by atoms with E-state index < -0.39 is 0 Å². The molecule has 0 unspecified atom stereocenters. The summed E-state index contributed by atoms with van der Waals surface area (Å²) >= 11 is 0. The van der Waals surface area contributed by atoms with Gasteiger partial charge >= 0.3 is 0 Å². The molecule has 1 fully saturated rings. The number of piperazine rings is 1. The average Bonchev–Trinajstić information content (AvgIpc) is 2.69. The second kappa shape index (κ2) is 8.57. The molecule has 0 saturated carbocycles. The van der Waals surface area contributed by atoms with Crippen LogP contribution in [-0.4, -0.2) is 59.4 Å². The van der Waals surface area contributed by atoms with Gasteiger partial charge in [0.2, 0.25) is 11.9 Å². The van der Waals surface area contributed by atoms with Gasteiger partial charge in [0.05, 0.1) is 0 Å². The molecule has 8 heteroatoms. The molecule has 7 nitrogen and oxygen atoms in total. The van der Waals surface area contributed by atoms with Crippen molar-refractivity contribution in [3.63, 3.8) is 0 Å². The zero-order valence-corrected chi connectivity index (χ0v) is 15.2. The minimum atomic E-state index is -0.322. The van der Waals surface area contributed by atoms with Crippen LogP contribution in [0.4, 0.5) is 10.3 Å². The number of rotatable bonds is 5. The molecule has 2 aromatic rings. The lowest BCUT2D eigenvalue weighted by Crippen LogP contribution is -2.48. The number of carbonyl (C=O) groups excluding carboxylic acids is 2. The van der Waals surface area contributed by atoms with Crippen LogP contribution in [0.2, 0.25) is 0 Å². The summed E-state index contributed by atoms with van der Waals surface area (Å²) in [6, 6.07) is 8.05. The molecule has 1 N–H and O–H groups in total. The molecule has 1 aliphatic heterocycles. The van der Waals surface area contributed by atoms with Gasteiger partial charge in [0.25, 0.3) is 5.91 Å². The maximum atomic E-state index is 13.6. The number of halogens is 1. The van der Waals surface area contributed by atoms with Gasteiger partial charge in [0.15, 0.2) is 0 Å². The summed E-state index contributed by atoms with van der Waals surface area (Å²) in [7, 11) is 0. The Hall–Kier alpha value is -3.03. The molecule has 1 aromatic carbocycles. The Labute approximate surface area is 157 Å². The van der Waals surface area contributed by atoms with Crippen LogP contribution >= 0.6 is 0 Å². The number of nitrogens with one attached hydrogen (secondary N) is 1. The molecule has 1 aliphatic rings. The summed E-state index contributed by atoms with van der Waals surface area (Å²) < 4.78 is 13.6. The lowest BCUT2D eigenvalue weighted by Gasteiger charge is -2.34. The first kappa shape index (κ1) is 18.8. The number of benzene rings is 1. The maximum absolute atomic E-state index is 13.6. The molecule has 3 rings (SSSR count). The number of hydrogen-bond donors (Lipinski definition) is 1. The van der Waals surface area contributed by atoms with Crippen LogP contribution in [0.3, 0.4) is 0 Å². The van der Waals surface area contributed by atoms with Gasteiger partial charge in [-0.2, -0.15) is 0 Å². The number of hydrogen-bond acceptors (Lipinski definition) is 5. The Morgan fingerprint density at radius 2 is 1.89 bits per heavy atom. The summed E-state index contributed by atoms with van der Waals surface area (Å²) in [5.74, 6) is -0.0726. The number of amides is 2. The van der Waals surface area contributed by atoms with Crippen molar-refractivity contribution in [3.05, 3.63) is 53.6 Å². The fourth-order valence-electron chi connectivity index (χ4n) is 2.95. The first-order valence-corrected chi connectivity index (χ1v) is 8.89. The summed E-state index contributed by atoms with van der Waals surface area (Å²) in [4.78, 5) is 36.0. The third kappa shape index (κ3) is 4.78. The Bertz CT molecular complexity index is 821. The molecule has 0 atom stereocenters. The minimum absolute atomic E-state index is 0.0542. The van der Waals surface area contributed by atoms with Crippen molar-refractivity contribution in [2.45, 2.75) is 13.3 Å². The number of nitrogens with zero attached hydrogens (tertiary/aromatic N) is 4. The van der Waals surface area contributed by atoms with Crippen molar-refractivity contribution < 1.29 is 14.0 Å². The molecule has 2 amide bonds. The molecule has 0 aliphatic carbocycles. The van der Waals surface area contributed by atoms with Crippen LogP contribution in [0, 0.1) is 5.82 Å². The third-order valence-electron chi connectivity index (χ3n) is 4.52. The smallest absolute Gasteiger partial charge is 0.270 e. The highest BCUT2D eigenvalue weighted by Crippen LogP contribution is 2.12. The lowest BCUT2D eigenvalue weighted by atomic mass is 10.1. The Kier molecular flexibility index (Phi) is 5.95. The molecule has 142 valence electrons. The van der Waals surface area contributed by atoms with E-state index in [4.69, 9.17) is 0 Å². The van der Waals surface area contributed by atoms with Crippen molar-refractivity contribution in [2.24, 2.45) is 0 Å². The lowest BCUT2D eigenvalue weighted by molar-refractivity contribution is -0.129. The zero-order chi connectivity index (χ0) is 19.2. The highest BCUT2D eigenvalue weighted by Gasteiger charge is 2.21. The molecule has 1 aromatic heterocycles. The van der Waals surface area contributed by atoms with E-state index in [1.165, 1.54) is 6.07 Å². The summed E-state index contributed by atoms with van der Waals surface area (Å²) in [6.07, 6.45) is 1.95. The van der Waals surface area contributed by atoms with Crippen LogP contribution in [-0.2, 0) is 11.2 Å². The van der Waals surface area contributed by atoms with Gasteiger partial charge in [-0.15, -0.1) is 0 Å². The van der Waals surface area contributed by atoms with E-state index in [2.05, 4.69) is 15.3 Å². The van der Waals surface area contributed by atoms with Gasteiger partial charge in [-0.05, 0) is 24.1 Å². The van der Waals surface area contributed by atoms with Gasteiger partial charge < -0.3 is 15.1 Å². The van der Waals surface area contributed by atoms with E-state index in [1.807, 2.05) is 4.90 Å².